The summed E-state index contributed by atoms with van der Waals surface area (Å²) in [5.74, 6) is -2.36. The Kier molecular flexibility index (Phi) is 4.38. The molecule has 1 aromatic rings. The topological polar surface area (TPSA) is 76.1 Å². The Morgan fingerprint density at radius 1 is 1.19 bits per heavy atom. The van der Waals surface area contributed by atoms with Crippen molar-refractivity contribution < 1.29 is 28.5 Å². The number of rotatable bonds is 3. The van der Waals surface area contributed by atoms with E-state index in [1.54, 1.807) is 7.11 Å². The molecule has 0 unspecified atom stereocenters. The van der Waals surface area contributed by atoms with Gasteiger partial charge in [0.15, 0.2) is 11.6 Å². The van der Waals surface area contributed by atoms with Gasteiger partial charge in [-0.05, 0) is 25.0 Å². The zero-order valence-corrected chi connectivity index (χ0v) is 19.4. The van der Waals surface area contributed by atoms with Gasteiger partial charge in [0.25, 0.3) is 0 Å². The molecule has 3 heterocycles. The Morgan fingerprint density at radius 3 is 2.62 bits per heavy atom. The number of carbonyl (C=O) groups excluding carboxylic acids is 1. The van der Waals surface area contributed by atoms with Crippen molar-refractivity contribution in [2.45, 2.75) is 58.2 Å². The van der Waals surface area contributed by atoms with Crippen LogP contribution in [-0.4, -0.2) is 62.0 Å². The normalized spacial score (nSPS) is 35.9. The van der Waals surface area contributed by atoms with Gasteiger partial charge in [-0.2, -0.15) is 0 Å². The molecular weight excluding hydrogens is 410 g/mol. The lowest BCUT2D eigenvalue weighted by Gasteiger charge is -2.46. The summed E-state index contributed by atoms with van der Waals surface area (Å²) in [6.45, 7) is 10.3. The number of hydrogen-bond donors (Lipinski definition) is 0. The van der Waals surface area contributed by atoms with E-state index in [4.69, 9.17) is 28.7 Å². The van der Waals surface area contributed by atoms with Crippen molar-refractivity contribution in [3.8, 4) is 0 Å². The number of carbonyl (C=O) groups is 1. The van der Waals surface area contributed by atoms with Crippen LogP contribution in [0.25, 0.3) is 5.57 Å². The molecule has 0 radical (unpaired) electrons. The van der Waals surface area contributed by atoms with Gasteiger partial charge in [0.1, 0.15) is 6.10 Å². The number of ether oxygens (including phenoxy) is 5. The highest BCUT2D eigenvalue weighted by Crippen LogP contribution is 2.71. The van der Waals surface area contributed by atoms with E-state index in [0.717, 1.165) is 35.4 Å². The third kappa shape index (κ3) is 2.49. The van der Waals surface area contributed by atoms with Crippen molar-refractivity contribution >= 4 is 11.4 Å². The lowest BCUT2D eigenvalue weighted by molar-refractivity contribution is -0.308. The molecular formula is C25H31NO6. The van der Waals surface area contributed by atoms with Crippen LogP contribution in [-0.2, 0) is 30.1 Å². The lowest BCUT2D eigenvalue weighted by atomic mass is 9.83. The van der Waals surface area contributed by atoms with E-state index >= 15 is 0 Å². The summed E-state index contributed by atoms with van der Waals surface area (Å²) < 4.78 is 31.6. The minimum absolute atomic E-state index is 0.0129. The van der Waals surface area contributed by atoms with E-state index in [9.17, 15) is 4.79 Å². The first-order valence-corrected chi connectivity index (χ1v) is 11.7. The number of fused-ring (bicyclic) bond motifs is 9. The molecule has 0 N–H and O–H groups in total. The quantitative estimate of drug-likeness (QED) is 0.713. The van der Waals surface area contributed by atoms with Crippen molar-refractivity contribution in [2.75, 3.05) is 33.5 Å². The highest BCUT2D eigenvalue weighted by Gasteiger charge is 2.82. The van der Waals surface area contributed by atoms with E-state index in [1.807, 2.05) is 13.0 Å². The Hall–Kier alpha value is -1.64. The average molecular weight is 442 g/mol. The Morgan fingerprint density at radius 2 is 1.94 bits per heavy atom. The van der Waals surface area contributed by atoms with Crippen LogP contribution in [0.4, 0.5) is 0 Å². The van der Waals surface area contributed by atoms with Crippen LogP contribution in [0.1, 0.15) is 54.5 Å². The van der Waals surface area contributed by atoms with Crippen molar-refractivity contribution in [2.24, 2.45) is 17.3 Å². The molecule has 1 saturated carbocycles. The molecule has 1 aromatic heterocycles. The number of pyridine rings is 1. The monoisotopic (exact) mass is 441 g/mol. The summed E-state index contributed by atoms with van der Waals surface area (Å²) in [6.07, 6.45) is 1.25. The number of aromatic nitrogens is 1. The second-order valence-electron chi connectivity index (χ2n) is 10.5. The van der Waals surface area contributed by atoms with Crippen LogP contribution in [0.2, 0.25) is 0 Å². The molecule has 7 heteroatoms. The fraction of sp³-hybridized carbons (Fsp3) is 0.680. The third-order valence-corrected chi connectivity index (χ3v) is 7.61. The van der Waals surface area contributed by atoms with Gasteiger partial charge >= 0.3 is 0 Å². The fourth-order valence-corrected chi connectivity index (χ4v) is 6.27. The Labute approximate surface area is 188 Å². The average Bonchev–Trinajstić information content (AvgIpc) is 3.31. The standard InChI is InChI=1S/C25H31NO6/c1-6-7-15-16-14(10-13(2)26-15)18-17(21(16)27)19-20(22-25(18,28-5)30-9-8-29-22)24(19)31-11-23(3,4)12-32-24/h10,19-20,22H,6-9,11-12H2,1-5H3/t19-,20-,22+,25+/m1/s1. The second-order valence-corrected chi connectivity index (χ2v) is 10.5. The van der Waals surface area contributed by atoms with E-state index in [0.29, 0.717) is 37.6 Å². The molecule has 2 saturated heterocycles. The molecule has 7 nitrogen and oxygen atoms in total. The molecule has 4 atom stereocenters. The summed E-state index contributed by atoms with van der Waals surface area (Å²) in [4.78, 5) is 18.7. The van der Waals surface area contributed by atoms with Crippen molar-refractivity contribution in [1.82, 2.24) is 4.98 Å². The van der Waals surface area contributed by atoms with Crippen LogP contribution in [0.15, 0.2) is 11.6 Å². The molecule has 3 aliphatic carbocycles. The molecule has 3 fully saturated rings. The number of nitrogens with zero attached hydrogens (tertiary/aromatic N) is 1. The van der Waals surface area contributed by atoms with Gasteiger partial charge in [0, 0.05) is 29.4 Å². The predicted molar refractivity (Wildman–Crippen MR) is 115 cm³/mol. The minimum Gasteiger partial charge on any atom is -0.369 e. The molecule has 172 valence electrons. The Bertz CT molecular complexity index is 1040. The smallest absolute Gasteiger partial charge is 0.223 e. The molecule has 6 rings (SSSR count). The SMILES string of the molecule is CCCc1nc(C)cc2c1C(=O)C1=C2[C@]2(OC)OCCO[C@H]2[C@H]2[C@@H]1C21OCC(C)(C)CO1. The van der Waals surface area contributed by atoms with Crippen LogP contribution in [0.3, 0.4) is 0 Å². The summed E-state index contributed by atoms with van der Waals surface area (Å²) in [5.41, 5.74) is 4.71. The maximum atomic E-state index is 14.0. The van der Waals surface area contributed by atoms with E-state index in [1.165, 1.54) is 0 Å². The first-order chi connectivity index (χ1) is 15.3. The number of ketones is 1. The summed E-state index contributed by atoms with van der Waals surface area (Å²) >= 11 is 0. The van der Waals surface area contributed by atoms with Crippen LogP contribution >= 0.6 is 0 Å². The van der Waals surface area contributed by atoms with Gasteiger partial charge in [-0.15, -0.1) is 0 Å². The maximum Gasteiger partial charge on any atom is 0.223 e. The van der Waals surface area contributed by atoms with E-state index in [2.05, 4.69) is 20.8 Å². The summed E-state index contributed by atoms with van der Waals surface area (Å²) in [5, 5.41) is 0. The molecule has 0 amide bonds. The van der Waals surface area contributed by atoms with Gasteiger partial charge in [-0.1, -0.05) is 27.2 Å². The Balaban J connectivity index is 1.56. The van der Waals surface area contributed by atoms with Gasteiger partial charge in [-0.3, -0.25) is 9.78 Å². The predicted octanol–water partition coefficient (Wildman–Crippen LogP) is 3.08. The fourth-order valence-electron chi connectivity index (χ4n) is 6.27. The second kappa shape index (κ2) is 6.70. The lowest BCUT2D eigenvalue weighted by Crippen LogP contribution is -2.57. The van der Waals surface area contributed by atoms with Gasteiger partial charge < -0.3 is 23.7 Å². The van der Waals surface area contributed by atoms with Crippen LogP contribution in [0, 0.1) is 24.2 Å². The minimum atomic E-state index is -1.16. The molecule has 0 bridgehead atoms. The van der Waals surface area contributed by atoms with Crippen LogP contribution < -0.4 is 0 Å². The number of aryl methyl sites for hydroxylation is 2. The zero-order valence-electron chi connectivity index (χ0n) is 19.4. The summed E-state index contributed by atoms with van der Waals surface area (Å²) in [7, 11) is 1.64. The van der Waals surface area contributed by atoms with Crippen molar-refractivity contribution in [3.63, 3.8) is 0 Å². The highest BCUT2D eigenvalue weighted by molar-refractivity contribution is 6.23. The molecule has 32 heavy (non-hydrogen) atoms. The van der Waals surface area contributed by atoms with Gasteiger partial charge in [0.2, 0.25) is 5.79 Å². The van der Waals surface area contributed by atoms with Crippen molar-refractivity contribution in [1.29, 1.82) is 0 Å². The van der Waals surface area contributed by atoms with Crippen molar-refractivity contribution in [3.05, 3.63) is 34.2 Å². The molecule has 0 aromatic carbocycles. The number of methoxy groups -OCH3 is 1. The molecule has 1 spiro atoms. The number of Topliss-reactive ketones (excluding diaryl/α,β-unsaturated/α-hetero) is 1. The third-order valence-electron chi connectivity index (χ3n) is 7.61. The zero-order chi connectivity index (χ0) is 22.5. The maximum absolute atomic E-state index is 14.0. The first kappa shape index (κ1) is 20.9. The van der Waals surface area contributed by atoms with Gasteiger partial charge in [-0.25, -0.2) is 0 Å². The largest absolute Gasteiger partial charge is 0.369 e. The van der Waals surface area contributed by atoms with E-state index in [-0.39, 0.29) is 23.0 Å². The van der Waals surface area contributed by atoms with Crippen LogP contribution in [0.5, 0.6) is 0 Å². The first-order valence-electron chi connectivity index (χ1n) is 11.7. The molecule has 5 aliphatic rings. The number of hydrogen-bond acceptors (Lipinski definition) is 7. The van der Waals surface area contributed by atoms with Gasteiger partial charge in [0.05, 0.1) is 49.5 Å². The highest BCUT2D eigenvalue weighted by atomic mass is 16.7. The summed E-state index contributed by atoms with van der Waals surface area (Å²) in [6, 6.07) is 1.99. The molecule has 2 aliphatic heterocycles. The van der Waals surface area contributed by atoms with E-state index < -0.39 is 17.7 Å².